The monoisotopic (exact) mass is 523 g/mol. The van der Waals surface area contributed by atoms with E-state index in [0.717, 1.165) is 84.0 Å². The molecule has 0 aromatic heterocycles. The number of rotatable bonds is 0. The van der Waals surface area contributed by atoms with E-state index >= 15 is 0 Å². The standard InChI is InChI=1S/C33H51N2O3/c36-28-18-14-10-6-2-5-9-13-17-23-35-25-26-24-32(31(35)38)20-15-11-7-3-1-4-8-12-16-21-34-22-19-27(26)33(35,29(28)37)30(32)34/h4-6,8-10,14,18,26-31,36-38H,1-3,7,11-13,15-17,19-25H2/q+1/b8-4-,9-5-,10-6-,18-14+/t26?,27?,28-,29+,30+,31?,32?,33?,35?/m0/s1. The second-order valence-corrected chi connectivity index (χ2v) is 13.4. The van der Waals surface area contributed by atoms with E-state index in [1.807, 2.05) is 12.2 Å². The van der Waals surface area contributed by atoms with Crippen LogP contribution in [0.5, 0.6) is 0 Å². The van der Waals surface area contributed by atoms with Gasteiger partial charge in [-0.25, -0.2) is 0 Å². The Bertz CT molecular complexity index is 960. The third-order valence-electron chi connectivity index (χ3n) is 11.7. The highest BCUT2D eigenvalue weighted by Crippen LogP contribution is 2.73. The molecule has 0 aromatic rings. The van der Waals surface area contributed by atoms with Crippen molar-refractivity contribution in [3.8, 4) is 0 Å². The molecule has 3 spiro atoms. The SMILES string of the molecule is OC1C23CCCCCC/C=C\CCCN4CCC5C(C2)C[N+]12CCC/C=C\C/C=C\C=C\[C@H](O)[C@@H](O)C52[C@H]43. The van der Waals surface area contributed by atoms with Crippen molar-refractivity contribution in [3.05, 3.63) is 48.6 Å². The quantitative estimate of drug-likeness (QED) is 0.314. The molecule has 4 saturated heterocycles. The minimum Gasteiger partial charge on any atom is -0.386 e. The van der Waals surface area contributed by atoms with Crippen LogP contribution in [0.2, 0.25) is 0 Å². The lowest BCUT2D eigenvalue weighted by molar-refractivity contribution is -1.00. The third kappa shape index (κ3) is 3.98. The molecule has 1 saturated carbocycles. The number of aliphatic hydroxyl groups is 3. The van der Waals surface area contributed by atoms with Crippen LogP contribution in [0, 0.1) is 17.3 Å². The zero-order valence-electron chi connectivity index (χ0n) is 23.3. The van der Waals surface area contributed by atoms with Crippen LogP contribution in [0.25, 0.3) is 0 Å². The van der Waals surface area contributed by atoms with Gasteiger partial charge in [0.25, 0.3) is 0 Å². The van der Waals surface area contributed by atoms with Gasteiger partial charge in [0.2, 0.25) is 0 Å². The van der Waals surface area contributed by atoms with Crippen molar-refractivity contribution in [3.63, 3.8) is 0 Å². The number of allylic oxidation sites excluding steroid dienone is 7. The van der Waals surface area contributed by atoms with Gasteiger partial charge in [0.1, 0.15) is 12.2 Å². The molecule has 0 aromatic carbocycles. The van der Waals surface area contributed by atoms with Crippen molar-refractivity contribution in [2.45, 2.75) is 113 Å². The van der Waals surface area contributed by atoms with Crippen LogP contribution in [0.15, 0.2) is 48.6 Å². The maximum atomic E-state index is 12.6. The summed E-state index contributed by atoms with van der Waals surface area (Å²) in [6.45, 7) is 3.96. The Morgan fingerprint density at radius 1 is 0.789 bits per heavy atom. The Kier molecular flexibility index (Phi) is 7.78. The van der Waals surface area contributed by atoms with E-state index in [0.29, 0.717) is 16.3 Å². The van der Waals surface area contributed by atoms with Gasteiger partial charge in [-0.1, -0.05) is 67.9 Å². The van der Waals surface area contributed by atoms with Crippen LogP contribution in [-0.4, -0.2) is 80.9 Å². The van der Waals surface area contributed by atoms with Crippen LogP contribution >= 0.6 is 0 Å². The summed E-state index contributed by atoms with van der Waals surface area (Å²) in [6.07, 6.45) is 29.3. The molecule has 5 fully saturated rings. The molecule has 3 N–H and O–H groups in total. The molecule has 6 heterocycles. The molecule has 38 heavy (non-hydrogen) atoms. The second-order valence-electron chi connectivity index (χ2n) is 13.4. The van der Waals surface area contributed by atoms with Gasteiger partial charge in [0.05, 0.1) is 24.5 Å². The van der Waals surface area contributed by atoms with Crippen molar-refractivity contribution in [1.29, 1.82) is 0 Å². The lowest BCUT2D eigenvalue weighted by Gasteiger charge is -2.58. The minimum absolute atomic E-state index is 0.131. The van der Waals surface area contributed by atoms with E-state index in [4.69, 9.17) is 0 Å². The van der Waals surface area contributed by atoms with Crippen LogP contribution in [0.1, 0.15) is 83.5 Å². The average molecular weight is 524 g/mol. The van der Waals surface area contributed by atoms with E-state index in [1.54, 1.807) is 6.08 Å². The van der Waals surface area contributed by atoms with Gasteiger partial charge in [0.15, 0.2) is 11.8 Å². The number of quaternary nitrogens is 1. The molecule has 0 radical (unpaired) electrons. The fourth-order valence-electron chi connectivity index (χ4n) is 10.6. The summed E-state index contributed by atoms with van der Waals surface area (Å²) >= 11 is 0. The summed E-state index contributed by atoms with van der Waals surface area (Å²) in [5, 5.41) is 36.6. The van der Waals surface area contributed by atoms with Crippen LogP contribution in [-0.2, 0) is 0 Å². The van der Waals surface area contributed by atoms with E-state index in [1.165, 1.54) is 25.7 Å². The summed E-state index contributed by atoms with van der Waals surface area (Å²) in [5.41, 5.74) is -0.692. The van der Waals surface area contributed by atoms with Crippen LogP contribution in [0.4, 0.5) is 0 Å². The molecule has 6 aliphatic heterocycles. The predicted octanol–water partition coefficient (Wildman–Crippen LogP) is 4.85. The molecule has 9 atom stereocenters. The van der Waals surface area contributed by atoms with E-state index < -0.39 is 24.0 Å². The first-order valence-electron chi connectivity index (χ1n) is 15.9. The maximum Gasteiger partial charge on any atom is 0.198 e. The fraction of sp³-hybridized carbons (Fsp3) is 0.758. The summed E-state index contributed by atoms with van der Waals surface area (Å²) in [4.78, 5) is 2.70. The summed E-state index contributed by atoms with van der Waals surface area (Å²) < 4.78 is 0.624. The van der Waals surface area contributed by atoms with Crippen molar-refractivity contribution in [2.24, 2.45) is 17.3 Å². The molecule has 7 aliphatic rings. The largest absolute Gasteiger partial charge is 0.386 e. The first kappa shape index (κ1) is 27.0. The lowest BCUT2D eigenvalue weighted by Crippen LogP contribution is -2.77. The minimum atomic E-state index is -0.922. The Balaban J connectivity index is 1.47. The van der Waals surface area contributed by atoms with Gasteiger partial charge in [-0.2, -0.15) is 0 Å². The summed E-state index contributed by atoms with van der Waals surface area (Å²) in [6, 6.07) is 0.131. The van der Waals surface area contributed by atoms with Crippen molar-refractivity contribution in [1.82, 2.24) is 4.90 Å². The fourth-order valence-corrected chi connectivity index (χ4v) is 10.6. The molecule has 6 unspecified atom stereocenters. The predicted molar refractivity (Wildman–Crippen MR) is 152 cm³/mol. The van der Waals surface area contributed by atoms with Gasteiger partial charge in [-0.05, 0) is 70.9 Å². The van der Waals surface area contributed by atoms with E-state index in [-0.39, 0.29) is 11.5 Å². The molecule has 5 nitrogen and oxygen atoms in total. The number of nitrogens with zero attached hydrogens (tertiary/aromatic N) is 2. The zero-order valence-corrected chi connectivity index (χ0v) is 23.3. The first-order chi connectivity index (χ1) is 18.6. The summed E-state index contributed by atoms with van der Waals surface area (Å²) in [7, 11) is 0. The van der Waals surface area contributed by atoms with Gasteiger partial charge in [0, 0.05) is 18.3 Å². The first-order valence-corrected chi connectivity index (χ1v) is 15.9. The van der Waals surface area contributed by atoms with Gasteiger partial charge >= 0.3 is 0 Å². The van der Waals surface area contributed by atoms with Gasteiger partial charge in [-0.3, -0.25) is 9.38 Å². The Morgan fingerprint density at radius 2 is 1.58 bits per heavy atom. The van der Waals surface area contributed by atoms with Crippen molar-refractivity contribution < 1.29 is 19.8 Å². The Morgan fingerprint density at radius 3 is 2.47 bits per heavy atom. The number of hydrogen-bond acceptors (Lipinski definition) is 4. The molecule has 6 bridgehead atoms. The Hall–Kier alpha value is -1.24. The second kappa shape index (κ2) is 11.0. The molecule has 1 aliphatic carbocycles. The van der Waals surface area contributed by atoms with Gasteiger partial charge in [-0.15, -0.1) is 0 Å². The lowest BCUT2D eigenvalue weighted by atomic mass is 9.52. The number of aliphatic hydroxyl groups excluding tert-OH is 3. The molecule has 0 amide bonds. The van der Waals surface area contributed by atoms with Crippen LogP contribution in [0.3, 0.4) is 0 Å². The van der Waals surface area contributed by atoms with E-state index in [9.17, 15) is 15.3 Å². The number of hydrogen-bond donors (Lipinski definition) is 3. The normalized spacial score (nSPS) is 51.3. The molecule has 5 heteroatoms. The average Bonchev–Trinajstić information content (AvgIpc) is 3.20. The highest BCUT2D eigenvalue weighted by Gasteiger charge is 2.89. The summed E-state index contributed by atoms with van der Waals surface area (Å²) in [5.74, 6) is 0.903. The molecule has 210 valence electrons. The Labute approximate surface area is 230 Å². The van der Waals surface area contributed by atoms with Crippen molar-refractivity contribution >= 4 is 0 Å². The van der Waals surface area contributed by atoms with Gasteiger partial charge < -0.3 is 15.3 Å². The van der Waals surface area contributed by atoms with Crippen molar-refractivity contribution in [2.75, 3.05) is 26.2 Å². The zero-order chi connectivity index (χ0) is 26.2. The molecule has 7 rings (SSSR count). The van der Waals surface area contributed by atoms with E-state index in [2.05, 4.69) is 35.3 Å². The maximum absolute atomic E-state index is 12.6. The topological polar surface area (TPSA) is 63.9 Å². The smallest absolute Gasteiger partial charge is 0.198 e. The van der Waals surface area contributed by atoms with Crippen LogP contribution < -0.4 is 0 Å². The molecular weight excluding hydrogens is 472 g/mol. The highest BCUT2D eigenvalue weighted by atomic mass is 16.3. The third-order valence-corrected chi connectivity index (χ3v) is 11.7. The molecular formula is C33H51N2O3+. The highest BCUT2D eigenvalue weighted by molar-refractivity contribution is 5.28. The number of piperidine rings is 2.